The molecule has 0 fully saturated rings. The lowest BCUT2D eigenvalue weighted by Crippen LogP contribution is -2.51. The lowest BCUT2D eigenvalue weighted by atomic mass is 9.92. The molecule has 1 aliphatic rings. The first-order valence-electron chi connectivity index (χ1n) is 8.67. The van der Waals surface area contributed by atoms with E-state index < -0.39 is 6.04 Å². The lowest BCUT2D eigenvalue weighted by molar-refractivity contribution is -0.120. The van der Waals surface area contributed by atoms with Gasteiger partial charge < -0.3 is 10.2 Å². The molecular weight excluding hydrogens is 338 g/mol. The number of fused-ring (bicyclic) bond motifs is 3. The Morgan fingerprint density at radius 1 is 1.11 bits per heavy atom. The minimum Gasteiger partial charge on any atom is -0.340 e. The fourth-order valence-corrected chi connectivity index (χ4v) is 3.55. The van der Waals surface area contributed by atoms with E-state index in [0.717, 1.165) is 22.0 Å². The number of nitriles is 1. The van der Waals surface area contributed by atoms with Crippen LogP contribution >= 0.6 is 0 Å². The molecule has 3 aromatic carbocycles. The van der Waals surface area contributed by atoms with Crippen molar-refractivity contribution in [1.82, 2.24) is 5.32 Å². The molecule has 0 radical (unpaired) electrons. The highest BCUT2D eigenvalue weighted by Gasteiger charge is 2.32. The number of nitrogens with one attached hydrogen (secondary N) is 1. The standard InChI is InChI=1S/C22H17N3O2/c1-25-20-11-10-15-4-2-3-5-17(15)18(20)12-19(22(25)27)24-21(26)16-8-6-14(13-23)7-9-16/h2-11,19H,12H2,1H3,(H,24,26). The molecular formula is C22H17N3O2. The van der Waals surface area contributed by atoms with Gasteiger partial charge in [-0.05, 0) is 46.7 Å². The smallest absolute Gasteiger partial charge is 0.251 e. The van der Waals surface area contributed by atoms with E-state index in [4.69, 9.17) is 5.26 Å². The van der Waals surface area contributed by atoms with Crippen LogP contribution in [-0.2, 0) is 11.2 Å². The summed E-state index contributed by atoms with van der Waals surface area (Å²) in [5, 5.41) is 13.9. The summed E-state index contributed by atoms with van der Waals surface area (Å²) in [5.41, 5.74) is 2.84. The van der Waals surface area contributed by atoms with E-state index in [1.54, 1.807) is 36.2 Å². The van der Waals surface area contributed by atoms with E-state index in [1.807, 2.05) is 42.5 Å². The Morgan fingerprint density at radius 3 is 2.59 bits per heavy atom. The van der Waals surface area contributed by atoms with E-state index in [0.29, 0.717) is 17.5 Å². The van der Waals surface area contributed by atoms with Crippen LogP contribution in [0.25, 0.3) is 10.8 Å². The molecule has 1 heterocycles. The van der Waals surface area contributed by atoms with Gasteiger partial charge in [0.25, 0.3) is 5.91 Å². The number of hydrogen-bond donors (Lipinski definition) is 1. The molecule has 1 atom stereocenters. The summed E-state index contributed by atoms with van der Waals surface area (Å²) >= 11 is 0. The van der Waals surface area contributed by atoms with Gasteiger partial charge in [-0.2, -0.15) is 5.26 Å². The number of hydrogen-bond acceptors (Lipinski definition) is 3. The predicted octanol–water partition coefficient (Wildman–Crippen LogP) is 3.03. The van der Waals surface area contributed by atoms with Crippen molar-refractivity contribution in [1.29, 1.82) is 5.26 Å². The van der Waals surface area contributed by atoms with Gasteiger partial charge in [-0.3, -0.25) is 9.59 Å². The zero-order valence-corrected chi connectivity index (χ0v) is 14.8. The molecule has 27 heavy (non-hydrogen) atoms. The average molecular weight is 355 g/mol. The minimum atomic E-state index is -0.628. The summed E-state index contributed by atoms with van der Waals surface area (Å²) < 4.78 is 0. The second kappa shape index (κ2) is 6.58. The number of carbonyl (C=O) groups is 2. The maximum Gasteiger partial charge on any atom is 0.251 e. The molecule has 132 valence electrons. The van der Waals surface area contributed by atoms with Crippen LogP contribution in [0.4, 0.5) is 5.69 Å². The Balaban J connectivity index is 1.65. The van der Waals surface area contributed by atoms with Crippen molar-refractivity contribution in [3.05, 3.63) is 77.4 Å². The lowest BCUT2D eigenvalue weighted by Gasteiger charge is -2.32. The Kier molecular flexibility index (Phi) is 4.09. The number of anilines is 1. The molecule has 0 aliphatic carbocycles. The number of likely N-dealkylation sites (N-methyl/N-ethyl adjacent to an activating group) is 1. The molecule has 5 heteroatoms. The molecule has 1 N–H and O–H groups in total. The quantitative estimate of drug-likeness (QED) is 0.768. The topological polar surface area (TPSA) is 73.2 Å². The SMILES string of the molecule is CN1C(=O)C(NC(=O)c2ccc(C#N)cc2)Cc2c1ccc1ccccc21. The third-order valence-corrected chi connectivity index (χ3v) is 5.00. The van der Waals surface area contributed by atoms with Gasteiger partial charge >= 0.3 is 0 Å². The summed E-state index contributed by atoms with van der Waals surface area (Å²) in [6.45, 7) is 0. The summed E-state index contributed by atoms with van der Waals surface area (Å²) in [6.07, 6.45) is 0.446. The number of nitrogens with zero attached hydrogens (tertiary/aromatic N) is 2. The van der Waals surface area contributed by atoms with Crippen LogP contribution in [0.1, 0.15) is 21.5 Å². The highest BCUT2D eigenvalue weighted by Crippen LogP contribution is 2.33. The summed E-state index contributed by atoms with van der Waals surface area (Å²) in [6, 6.07) is 19.8. The first-order chi connectivity index (χ1) is 13.1. The van der Waals surface area contributed by atoms with E-state index >= 15 is 0 Å². The van der Waals surface area contributed by atoms with E-state index in [1.165, 1.54) is 0 Å². The van der Waals surface area contributed by atoms with Crippen molar-refractivity contribution >= 4 is 28.3 Å². The van der Waals surface area contributed by atoms with Crippen LogP contribution in [0.2, 0.25) is 0 Å². The highest BCUT2D eigenvalue weighted by atomic mass is 16.2. The van der Waals surface area contributed by atoms with Gasteiger partial charge in [0.1, 0.15) is 6.04 Å². The molecule has 2 amide bonds. The number of amides is 2. The monoisotopic (exact) mass is 355 g/mol. The van der Waals surface area contributed by atoms with Gasteiger partial charge in [0.2, 0.25) is 5.91 Å². The van der Waals surface area contributed by atoms with Crippen molar-refractivity contribution < 1.29 is 9.59 Å². The van der Waals surface area contributed by atoms with Gasteiger partial charge in [0, 0.05) is 24.7 Å². The Morgan fingerprint density at radius 2 is 1.85 bits per heavy atom. The number of benzene rings is 3. The molecule has 0 saturated heterocycles. The predicted molar refractivity (Wildman–Crippen MR) is 103 cm³/mol. The molecule has 1 unspecified atom stereocenters. The van der Waals surface area contributed by atoms with Crippen molar-refractivity contribution in [2.75, 3.05) is 11.9 Å². The molecule has 0 aromatic heterocycles. The second-order valence-corrected chi connectivity index (χ2v) is 6.60. The number of carbonyl (C=O) groups excluding carboxylic acids is 2. The zero-order chi connectivity index (χ0) is 19.0. The van der Waals surface area contributed by atoms with Crippen LogP contribution in [0.3, 0.4) is 0 Å². The Labute approximate surface area is 156 Å². The van der Waals surface area contributed by atoms with Gasteiger partial charge in [0.15, 0.2) is 0 Å². The van der Waals surface area contributed by atoms with Crippen molar-refractivity contribution in [2.45, 2.75) is 12.5 Å². The Bertz CT molecular complexity index is 1100. The molecule has 0 spiro atoms. The van der Waals surface area contributed by atoms with Crippen LogP contribution < -0.4 is 10.2 Å². The summed E-state index contributed by atoms with van der Waals surface area (Å²) in [5.74, 6) is -0.463. The molecule has 1 aliphatic heterocycles. The molecule has 3 aromatic rings. The van der Waals surface area contributed by atoms with E-state index in [9.17, 15) is 9.59 Å². The normalized spacial score (nSPS) is 15.9. The van der Waals surface area contributed by atoms with Crippen molar-refractivity contribution in [2.24, 2.45) is 0 Å². The first kappa shape index (κ1) is 16.8. The summed E-state index contributed by atoms with van der Waals surface area (Å²) in [7, 11) is 1.73. The largest absolute Gasteiger partial charge is 0.340 e. The van der Waals surface area contributed by atoms with Crippen molar-refractivity contribution in [3.63, 3.8) is 0 Å². The average Bonchev–Trinajstić information content (AvgIpc) is 2.71. The third kappa shape index (κ3) is 2.91. The van der Waals surface area contributed by atoms with Crippen LogP contribution in [0.5, 0.6) is 0 Å². The molecule has 4 rings (SSSR count). The molecule has 0 saturated carbocycles. The maximum atomic E-state index is 12.8. The van der Waals surface area contributed by atoms with Crippen LogP contribution in [-0.4, -0.2) is 24.9 Å². The van der Waals surface area contributed by atoms with Crippen LogP contribution in [0.15, 0.2) is 60.7 Å². The fourth-order valence-electron chi connectivity index (χ4n) is 3.55. The Hall–Kier alpha value is -3.65. The maximum absolute atomic E-state index is 12.8. The molecule has 5 nitrogen and oxygen atoms in total. The van der Waals surface area contributed by atoms with Crippen molar-refractivity contribution in [3.8, 4) is 6.07 Å². The van der Waals surface area contributed by atoms with E-state index in [-0.39, 0.29) is 11.8 Å². The number of rotatable bonds is 2. The second-order valence-electron chi connectivity index (χ2n) is 6.60. The van der Waals surface area contributed by atoms with Gasteiger partial charge in [-0.15, -0.1) is 0 Å². The third-order valence-electron chi connectivity index (χ3n) is 5.00. The van der Waals surface area contributed by atoms with Crippen LogP contribution in [0, 0.1) is 11.3 Å². The summed E-state index contributed by atoms with van der Waals surface area (Å²) in [4.78, 5) is 26.9. The van der Waals surface area contributed by atoms with Gasteiger partial charge in [-0.1, -0.05) is 30.3 Å². The fraction of sp³-hybridized carbons (Fsp3) is 0.136. The van der Waals surface area contributed by atoms with E-state index in [2.05, 4.69) is 5.32 Å². The first-order valence-corrected chi connectivity index (χ1v) is 8.67. The van der Waals surface area contributed by atoms with Gasteiger partial charge in [-0.25, -0.2) is 0 Å². The van der Waals surface area contributed by atoms with Gasteiger partial charge in [0.05, 0.1) is 11.6 Å². The zero-order valence-electron chi connectivity index (χ0n) is 14.8. The minimum absolute atomic E-state index is 0.139. The molecule has 0 bridgehead atoms. The highest BCUT2D eigenvalue weighted by molar-refractivity contribution is 6.06.